The molecule has 0 unspecified atom stereocenters. The monoisotopic (exact) mass is 192 g/mol. The quantitative estimate of drug-likeness (QED) is 0.386. The van der Waals surface area contributed by atoms with E-state index in [2.05, 4.69) is 4.98 Å². The number of halogens is 3. The number of nitro groups is 1. The van der Waals surface area contributed by atoms with E-state index in [1.165, 1.54) is 0 Å². The van der Waals surface area contributed by atoms with Gasteiger partial charge in [-0.3, -0.25) is 10.1 Å². The predicted molar refractivity (Wildman–Crippen MR) is 35.5 cm³/mol. The van der Waals surface area contributed by atoms with Gasteiger partial charge in [0.2, 0.25) is 5.95 Å². The van der Waals surface area contributed by atoms with E-state index < -0.39 is 33.9 Å². The Bertz CT molecular complexity index is 354. The molecule has 0 saturated carbocycles. The van der Waals surface area contributed by atoms with Gasteiger partial charge in [-0.1, -0.05) is 0 Å². The molecule has 0 atom stereocenters. The summed E-state index contributed by atoms with van der Waals surface area (Å²) in [6, 6.07) is 0. The second-order valence-corrected chi connectivity index (χ2v) is 2.24. The Hall–Kier alpha value is -1.66. The van der Waals surface area contributed by atoms with Gasteiger partial charge in [-0.2, -0.15) is 18.2 Å². The van der Waals surface area contributed by atoms with Crippen molar-refractivity contribution in [2.75, 3.05) is 0 Å². The van der Waals surface area contributed by atoms with Gasteiger partial charge in [-0.15, -0.1) is 0 Å². The second kappa shape index (κ2) is 3.00. The van der Waals surface area contributed by atoms with Gasteiger partial charge in [0.15, 0.2) is 0 Å². The van der Waals surface area contributed by atoms with Crippen LogP contribution in [0.3, 0.4) is 0 Å². The average Bonchev–Trinajstić information content (AvgIpc) is 2.01. The Balaban J connectivity index is 3.56. The molecule has 0 N–H and O–H groups in total. The van der Waals surface area contributed by atoms with Crippen molar-refractivity contribution in [3.05, 3.63) is 33.4 Å². The minimum absolute atomic E-state index is 0.621. The van der Waals surface area contributed by atoms with Crippen molar-refractivity contribution in [3.8, 4) is 0 Å². The number of pyridine rings is 1. The van der Waals surface area contributed by atoms with Crippen molar-refractivity contribution in [2.24, 2.45) is 0 Å². The van der Waals surface area contributed by atoms with Gasteiger partial charge in [-0.25, -0.2) is 0 Å². The molecule has 0 spiro atoms. The molecule has 1 aromatic rings. The zero-order valence-electron chi connectivity index (χ0n) is 6.34. The van der Waals surface area contributed by atoms with Crippen molar-refractivity contribution in [1.82, 2.24) is 4.98 Å². The van der Waals surface area contributed by atoms with Gasteiger partial charge in [0.1, 0.15) is 0 Å². The first-order valence-corrected chi connectivity index (χ1v) is 3.10. The number of hydrogen-bond donors (Lipinski definition) is 0. The van der Waals surface area contributed by atoms with Crippen molar-refractivity contribution < 1.29 is 18.1 Å². The Labute approximate surface area is 70.2 Å². The number of rotatable bonds is 1. The predicted octanol–water partition coefficient (Wildman–Crippen LogP) is 1.72. The lowest BCUT2D eigenvalue weighted by Gasteiger charge is -1.99. The molecule has 7 heteroatoms. The van der Waals surface area contributed by atoms with Crippen LogP contribution in [-0.4, -0.2) is 9.91 Å². The summed E-state index contributed by atoms with van der Waals surface area (Å²) >= 11 is 0. The Kier molecular flexibility index (Phi) is 2.18. The molecule has 0 aliphatic rings. The molecule has 0 aliphatic carbocycles. The zero-order valence-corrected chi connectivity index (χ0v) is 6.34. The van der Waals surface area contributed by atoms with E-state index in [4.69, 9.17) is 0 Å². The van der Waals surface area contributed by atoms with E-state index >= 15 is 0 Å². The Morgan fingerprint density at radius 1 is 1.31 bits per heavy atom. The van der Waals surface area contributed by atoms with Crippen LogP contribution in [0.25, 0.3) is 0 Å². The highest BCUT2D eigenvalue weighted by molar-refractivity contribution is 5.38. The number of aromatic nitrogens is 1. The highest BCUT2D eigenvalue weighted by atomic mass is 19.2. The summed E-state index contributed by atoms with van der Waals surface area (Å²) in [6.07, 6.45) is 0. The zero-order chi connectivity index (χ0) is 10.2. The maximum Gasteiger partial charge on any atom is 0.317 e. The molecule has 0 saturated heterocycles. The van der Waals surface area contributed by atoms with E-state index in [0.29, 0.717) is 0 Å². The van der Waals surface area contributed by atoms with Crippen LogP contribution in [-0.2, 0) is 0 Å². The van der Waals surface area contributed by atoms with Gasteiger partial charge >= 0.3 is 5.69 Å². The average molecular weight is 192 g/mol. The summed E-state index contributed by atoms with van der Waals surface area (Å²) in [4.78, 5) is 11.5. The summed E-state index contributed by atoms with van der Waals surface area (Å²) in [5.41, 5.74) is -1.84. The smallest absolute Gasteiger partial charge is 0.258 e. The molecule has 1 heterocycles. The van der Waals surface area contributed by atoms with E-state index in [-0.39, 0.29) is 0 Å². The van der Waals surface area contributed by atoms with Crippen molar-refractivity contribution in [1.29, 1.82) is 0 Å². The van der Waals surface area contributed by atoms with Crippen LogP contribution in [0.4, 0.5) is 18.9 Å². The maximum atomic E-state index is 12.6. The molecule has 0 bridgehead atoms. The van der Waals surface area contributed by atoms with Gasteiger partial charge in [0.05, 0.1) is 10.5 Å². The SMILES string of the molecule is Cc1c(F)nc(F)c(F)c1[N+](=O)[O-]. The van der Waals surface area contributed by atoms with Crippen LogP contribution < -0.4 is 0 Å². The highest BCUT2D eigenvalue weighted by Crippen LogP contribution is 2.24. The summed E-state index contributed by atoms with van der Waals surface area (Å²) in [5, 5.41) is 10.2. The van der Waals surface area contributed by atoms with Crippen LogP contribution >= 0.6 is 0 Å². The first-order chi connectivity index (χ1) is 5.95. The Morgan fingerprint density at radius 2 is 1.85 bits per heavy atom. The molecule has 0 aliphatic heterocycles. The van der Waals surface area contributed by atoms with Gasteiger partial charge in [-0.05, 0) is 6.92 Å². The Morgan fingerprint density at radius 3 is 2.31 bits per heavy atom. The lowest BCUT2D eigenvalue weighted by Crippen LogP contribution is -2.04. The first-order valence-electron chi connectivity index (χ1n) is 3.10. The van der Waals surface area contributed by atoms with Crippen LogP contribution in [0.5, 0.6) is 0 Å². The molecule has 0 amide bonds. The molecule has 4 nitrogen and oxygen atoms in total. The van der Waals surface area contributed by atoms with Crippen LogP contribution in [0.15, 0.2) is 0 Å². The second-order valence-electron chi connectivity index (χ2n) is 2.24. The minimum Gasteiger partial charge on any atom is -0.258 e. The van der Waals surface area contributed by atoms with Crippen LogP contribution in [0.1, 0.15) is 5.56 Å². The third-order valence-electron chi connectivity index (χ3n) is 1.43. The fraction of sp³-hybridized carbons (Fsp3) is 0.167. The summed E-state index contributed by atoms with van der Waals surface area (Å²) in [5.74, 6) is -4.94. The molecular formula is C6H3F3N2O2. The third-order valence-corrected chi connectivity index (χ3v) is 1.43. The molecular weight excluding hydrogens is 189 g/mol. The van der Waals surface area contributed by atoms with Crippen LogP contribution in [0.2, 0.25) is 0 Å². The van der Waals surface area contributed by atoms with Crippen molar-refractivity contribution in [2.45, 2.75) is 6.92 Å². The van der Waals surface area contributed by atoms with E-state index in [1.807, 2.05) is 0 Å². The normalized spacial score (nSPS) is 10.2. The summed E-state index contributed by atoms with van der Waals surface area (Å²) in [7, 11) is 0. The van der Waals surface area contributed by atoms with E-state index in [0.717, 1.165) is 6.92 Å². The molecule has 0 aromatic carbocycles. The first kappa shape index (κ1) is 9.43. The van der Waals surface area contributed by atoms with Gasteiger partial charge < -0.3 is 0 Å². The summed E-state index contributed by atoms with van der Waals surface area (Å²) < 4.78 is 37.6. The van der Waals surface area contributed by atoms with E-state index in [1.54, 1.807) is 0 Å². The molecule has 1 aromatic heterocycles. The van der Waals surface area contributed by atoms with Crippen molar-refractivity contribution >= 4 is 5.69 Å². The lowest BCUT2D eigenvalue weighted by atomic mass is 10.2. The lowest BCUT2D eigenvalue weighted by molar-refractivity contribution is -0.388. The molecule has 13 heavy (non-hydrogen) atoms. The van der Waals surface area contributed by atoms with Gasteiger partial charge in [0.25, 0.3) is 11.8 Å². The molecule has 0 radical (unpaired) electrons. The fourth-order valence-electron chi connectivity index (χ4n) is 0.796. The number of hydrogen-bond acceptors (Lipinski definition) is 3. The van der Waals surface area contributed by atoms with Crippen LogP contribution in [0, 0.1) is 34.8 Å². The van der Waals surface area contributed by atoms with Crippen molar-refractivity contribution in [3.63, 3.8) is 0 Å². The molecule has 70 valence electrons. The highest BCUT2D eigenvalue weighted by Gasteiger charge is 2.26. The maximum absolute atomic E-state index is 12.6. The number of nitrogens with zero attached hydrogens (tertiary/aromatic N) is 2. The topological polar surface area (TPSA) is 56.0 Å². The fourth-order valence-corrected chi connectivity index (χ4v) is 0.796. The minimum atomic E-state index is -1.81. The standard InChI is InChI=1S/C6H3F3N2O2/c1-2-4(11(12)13)3(7)6(9)10-5(2)8/h1H3. The largest absolute Gasteiger partial charge is 0.317 e. The third kappa shape index (κ3) is 1.44. The van der Waals surface area contributed by atoms with E-state index in [9.17, 15) is 23.3 Å². The van der Waals surface area contributed by atoms with Gasteiger partial charge in [0, 0.05) is 0 Å². The molecule has 1 rings (SSSR count). The summed E-state index contributed by atoms with van der Waals surface area (Å²) in [6.45, 7) is 0.947. The molecule has 0 fully saturated rings.